The van der Waals surface area contributed by atoms with Crippen LogP contribution in [0.25, 0.3) is 0 Å². The molecule has 156 valence electrons. The zero-order chi connectivity index (χ0) is 21.5. The summed E-state index contributed by atoms with van der Waals surface area (Å²) in [5, 5.41) is 5.33. The fourth-order valence-corrected chi connectivity index (χ4v) is 4.14. The molecule has 6 heteroatoms. The van der Waals surface area contributed by atoms with Gasteiger partial charge in [-0.15, -0.1) is 11.3 Å². The molecule has 0 spiro atoms. The highest BCUT2D eigenvalue weighted by atomic mass is 32.1. The van der Waals surface area contributed by atoms with Crippen molar-refractivity contribution in [1.29, 1.82) is 0 Å². The molecule has 30 heavy (non-hydrogen) atoms. The molecule has 5 nitrogen and oxygen atoms in total. The Morgan fingerprint density at radius 2 is 1.80 bits per heavy atom. The molecular weight excluding hydrogens is 398 g/mol. The standard InChI is InChI=1S/C24H25NO4S/c1-4-16(2)20-15-30-23(22(20)24(27)28-3)25-21(26)14-17-9-8-12-19(13-17)29-18-10-6-5-7-11-18/h5-13,15-16H,4,14H2,1-3H3,(H,25,26). The van der Waals surface area contributed by atoms with Crippen molar-refractivity contribution in [3.63, 3.8) is 0 Å². The Bertz CT molecular complexity index is 1010. The van der Waals surface area contributed by atoms with Crippen LogP contribution in [0.2, 0.25) is 0 Å². The average Bonchev–Trinajstić information content (AvgIpc) is 3.16. The molecule has 1 unspecified atom stereocenters. The predicted molar refractivity (Wildman–Crippen MR) is 120 cm³/mol. The summed E-state index contributed by atoms with van der Waals surface area (Å²) in [7, 11) is 1.35. The lowest BCUT2D eigenvalue weighted by atomic mass is 9.97. The zero-order valence-corrected chi connectivity index (χ0v) is 18.1. The van der Waals surface area contributed by atoms with Gasteiger partial charge in [0.15, 0.2) is 0 Å². The predicted octanol–water partition coefficient (Wildman–Crippen LogP) is 6.02. The van der Waals surface area contributed by atoms with E-state index in [0.717, 1.165) is 23.3 Å². The summed E-state index contributed by atoms with van der Waals surface area (Å²) < 4.78 is 10.8. The van der Waals surface area contributed by atoms with Crippen molar-refractivity contribution in [3.05, 3.63) is 76.7 Å². The summed E-state index contributed by atoms with van der Waals surface area (Å²) in [6.07, 6.45) is 1.06. The quantitative estimate of drug-likeness (QED) is 0.450. The van der Waals surface area contributed by atoms with E-state index in [1.165, 1.54) is 18.4 Å². The molecule has 1 heterocycles. The third-order valence-corrected chi connectivity index (χ3v) is 5.76. The van der Waals surface area contributed by atoms with E-state index >= 15 is 0 Å². The number of nitrogens with one attached hydrogen (secondary N) is 1. The second-order valence-electron chi connectivity index (χ2n) is 6.98. The van der Waals surface area contributed by atoms with Crippen LogP contribution >= 0.6 is 11.3 Å². The number of rotatable bonds is 8. The van der Waals surface area contributed by atoms with Crippen molar-refractivity contribution in [1.82, 2.24) is 0 Å². The minimum Gasteiger partial charge on any atom is -0.465 e. The molecule has 0 saturated carbocycles. The van der Waals surface area contributed by atoms with Gasteiger partial charge in [-0.3, -0.25) is 4.79 Å². The lowest BCUT2D eigenvalue weighted by molar-refractivity contribution is -0.115. The SMILES string of the molecule is CCC(C)c1csc(NC(=O)Cc2cccc(Oc3ccccc3)c2)c1C(=O)OC. The van der Waals surface area contributed by atoms with Gasteiger partial charge >= 0.3 is 5.97 Å². The van der Waals surface area contributed by atoms with Crippen molar-refractivity contribution in [2.75, 3.05) is 12.4 Å². The number of esters is 1. The molecule has 0 bridgehead atoms. The van der Waals surface area contributed by atoms with Gasteiger partial charge in [0.25, 0.3) is 0 Å². The molecule has 0 fully saturated rings. The first-order chi connectivity index (χ1) is 14.5. The van der Waals surface area contributed by atoms with Crippen LogP contribution in [-0.2, 0) is 16.0 Å². The van der Waals surface area contributed by atoms with Gasteiger partial charge < -0.3 is 14.8 Å². The third kappa shape index (κ3) is 5.27. The molecule has 1 aromatic heterocycles. The van der Waals surface area contributed by atoms with E-state index < -0.39 is 5.97 Å². The number of carbonyl (C=O) groups is 2. The van der Waals surface area contributed by atoms with Crippen LogP contribution in [0.3, 0.4) is 0 Å². The number of carbonyl (C=O) groups excluding carboxylic acids is 2. The van der Waals surface area contributed by atoms with Gasteiger partial charge in [0, 0.05) is 0 Å². The number of para-hydroxylation sites is 1. The second-order valence-corrected chi connectivity index (χ2v) is 7.86. The Morgan fingerprint density at radius 3 is 2.50 bits per heavy atom. The maximum absolute atomic E-state index is 12.7. The Balaban J connectivity index is 1.72. The first-order valence-corrected chi connectivity index (χ1v) is 10.7. The molecule has 0 aliphatic rings. The van der Waals surface area contributed by atoms with Gasteiger partial charge in [-0.05, 0) is 53.1 Å². The molecule has 2 aromatic carbocycles. The number of thiophene rings is 1. The fourth-order valence-electron chi connectivity index (χ4n) is 3.06. The van der Waals surface area contributed by atoms with Gasteiger partial charge in [0.1, 0.15) is 16.5 Å². The van der Waals surface area contributed by atoms with Gasteiger partial charge in [-0.1, -0.05) is 44.2 Å². The number of amides is 1. The van der Waals surface area contributed by atoms with Crippen LogP contribution in [0.5, 0.6) is 11.5 Å². The monoisotopic (exact) mass is 423 g/mol. The highest BCUT2D eigenvalue weighted by molar-refractivity contribution is 7.15. The smallest absolute Gasteiger partial charge is 0.341 e. The molecular formula is C24H25NO4S. The lowest BCUT2D eigenvalue weighted by Crippen LogP contribution is -2.16. The summed E-state index contributed by atoms with van der Waals surface area (Å²) >= 11 is 1.35. The third-order valence-electron chi connectivity index (χ3n) is 4.85. The van der Waals surface area contributed by atoms with Gasteiger partial charge in [-0.25, -0.2) is 4.79 Å². The van der Waals surface area contributed by atoms with Crippen molar-refractivity contribution in [2.24, 2.45) is 0 Å². The minimum absolute atomic E-state index is 0.170. The van der Waals surface area contributed by atoms with E-state index in [2.05, 4.69) is 19.2 Å². The number of benzene rings is 2. The van der Waals surface area contributed by atoms with Crippen molar-refractivity contribution < 1.29 is 19.1 Å². The second kappa shape index (κ2) is 10.1. The van der Waals surface area contributed by atoms with Crippen LogP contribution in [0, 0.1) is 0 Å². The molecule has 3 rings (SSSR count). The van der Waals surface area contributed by atoms with Crippen LogP contribution < -0.4 is 10.1 Å². The molecule has 0 aliphatic carbocycles. The first-order valence-electron chi connectivity index (χ1n) is 9.83. The van der Waals surface area contributed by atoms with Crippen molar-refractivity contribution >= 4 is 28.2 Å². The van der Waals surface area contributed by atoms with E-state index in [4.69, 9.17) is 9.47 Å². The van der Waals surface area contributed by atoms with Gasteiger partial charge in [-0.2, -0.15) is 0 Å². The average molecular weight is 424 g/mol. The Morgan fingerprint density at radius 1 is 1.07 bits per heavy atom. The largest absolute Gasteiger partial charge is 0.465 e. The molecule has 1 atom stereocenters. The molecule has 0 radical (unpaired) electrons. The number of hydrogen-bond acceptors (Lipinski definition) is 5. The highest BCUT2D eigenvalue weighted by Crippen LogP contribution is 2.35. The maximum Gasteiger partial charge on any atom is 0.341 e. The van der Waals surface area contributed by atoms with Crippen molar-refractivity contribution in [3.8, 4) is 11.5 Å². The highest BCUT2D eigenvalue weighted by Gasteiger charge is 2.23. The summed E-state index contributed by atoms with van der Waals surface area (Å²) in [5.41, 5.74) is 2.17. The van der Waals surface area contributed by atoms with Gasteiger partial charge in [0.05, 0.1) is 19.1 Å². The molecule has 1 N–H and O–H groups in total. The van der Waals surface area contributed by atoms with Crippen molar-refractivity contribution in [2.45, 2.75) is 32.6 Å². The minimum atomic E-state index is -0.430. The topological polar surface area (TPSA) is 64.6 Å². The van der Waals surface area contributed by atoms with Gasteiger partial charge in [0.2, 0.25) is 5.91 Å². The summed E-state index contributed by atoms with van der Waals surface area (Å²) in [4.78, 5) is 25.0. The number of ether oxygens (including phenoxy) is 2. The molecule has 0 saturated heterocycles. The van der Waals surface area contributed by atoms with E-state index in [-0.39, 0.29) is 18.2 Å². The summed E-state index contributed by atoms with van der Waals surface area (Å²) in [6, 6.07) is 16.9. The van der Waals surface area contributed by atoms with E-state index in [0.29, 0.717) is 16.3 Å². The van der Waals surface area contributed by atoms with Crippen LogP contribution in [0.15, 0.2) is 60.0 Å². The number of anilines is 1. The zero-order valence-electron chi connectivity index (χ0n) is 17.3. The van der Waals surface area contributed by atoms with E-state index in [1.807, 2.05) is 60.0 Å². The Labute approximate surface area is 180 Å². The summed E-state index contributed by atoms with van der Waals surface area (Å²) in [6.45, 7) is 4.12. The Kier molecular flexibility index (Phi) is 7.25. The molecule has 3 aromatic rings. The van der Waals surface area contributed by atoms with E-state index in [9.17, 15) is 9.59 Å². The number of methoxy groups -OCH3 is 1. The normalized spacial score (nSPS) is 11.6. The number of hydrogen-bond donors (Lipinski definition) is 1. The maximum atomic E-state index is 12.7. The first kappa shape index (κ1) is 21.6. The van der Waals surface area contributed by atoms with Crippen LogP contribution in [0.4, 0.5) is 5.00 Å². The molecule has 0 aliphatic heterocycles. The Hall–Kier alpha value is -3.12. The molecule has 1 amide bonds. The van der Waals surface area contributed by atoms with E-state index in [1.54, 1.807) is 0 Å². The van der Waals surface area contributed by atoms with Crippen LogP contribution in [0.1, 0.15) is 47.7 Å². The fraction of sp³-hybridized carbons (Fsp3) is 0.250. The van der Waals surface area contributed by atoms with Crippen LogP contribution in [-0.4, -0.2) is 19.0 Å². The lowest BCUT2D eigenvalue weighted by Gasteiger charge is -2.11. The summed E-state index contributed by atoms with van der Waals surface area (Å²) in [5.74, 6) is 0.970.